The van der Waals surface area contributed by atoms with Crippen molar-refractivity contribution in [2.75, 3.05) is 59.1 Å². The van der Waals surface area contributed by atoms with Crippen LogP contribution in [0.2, 0.25) is 0 Å². The van der Waals surface area contributed by atoms with Crippen LogP contribution in [0.1, 0.15) is 77.2 Å². The van der Waals surface area contributed by atoms with Crippen LogP contribution < -0.4 is 20.3 Å². The van der Waals surface area contributed by atoms with E-state index in [1.807, 2.05) is 62.3 Å². The number of sulfone groups is 1. The SMILES string of the molecule is COc1c(CN2O[C@@H](CO)[C@@H]([C@H](C)O)[C@H]2C(=O)NC2C[C@H]3C[C@@H]([C@@H]2C)C3(C)C)cccc1-c1cc(C(=O)N[C@@H](CN(C)C)CS(=O)(=O)C(C)(C)C)cc(N(C)C)c1. The number of para-hydroxylation sites is 1. The van der Waals surface area contributed by atoms with E-state index in [-0.39, 0.29) is 36.3 Å². The van der Waals surface area contributed by atoms with E-state index in [2.05, 4.69) is 31.4 Å². The Labute approximate surface area is 340 Å². The van der Waals surface area contributed by atoms with Crippen LogP contribution in [0.4, 0.5) is 5.69 Å². The van der Waals surface area contributed by atoms with Crippen molar-refractivity contribution in [3.8, 4) is 16.9 Å². The van der Waals surface area contributed by atoms with Crippen molar-refractivity contribution in [3.05, 3.63) is 47.5 Å². The molecule has 2 bridgehead atoms. The number of ether oxygens (including phenoxy) is 1. The van der Waals surface area contributed by atoms with Crippen molar-refractivity contribution in [2.45, 2.75) is 103 Å². The van der Waals surface area contributed by atoms with E-state index in [1.54, 1.807) is 52.0 Å². The summed E-state index contributed by atoms with van der Waals surface area (Å²) < 4.78 is 31.5. The van der Waals surface area contributed by atoms with Gasteiger partial charge in [0.1, 0.15) is 17.9 Å². The molecule has 0 radical (unpaired) electrons. The highest BCUT2D eigenvalue weighted by Gasteiger charge is 2.57. The van der Waals surface area contributed by atoms with Gasteiger partial charge in [0.15, 0.2) is 9.84 Å². The second kappa shape index (κ2) is 17.1. The van der Waals surface area contributed by atoms with Crippen molar-refractivity contribution in [2.24, 2.45) is 29.1 Å². The van der Waals surface area contributed by atoms with E-state index in [9.17, 15) is 28.2 Å². The molecule has 14 heteroatoms. The number of fused-ring (bicyclic) bond motifs is 2. The number of anilines is 1. The van der Waals surface area contributed by atoms with Crippen LogP contribution in [0.25, 0.3) is 11.1 Å². The van der Waals surface area contributed by atoms with Gasteiger partial charge in [-0.3, -0.25) is 14.4 Å². The molecular formula is C43H67N5O8S. The molecular weight excluding hydrogens is 747 g/mol. The number of hydroxylamine groups is 2. The lowest BCUT2D eigenvalue weighted by atomic mass is 9.45. The molecule has 3 saturated carbocycles. The molecule has 4 aliphatic rings. The van der Waals surface area contributed by atoms with Gasteiger partial charge in [-0.2, -0.15) is 5.06 Å². The highest BCUT2D eigenvalue weighted by molar-refractivity contribution is 7.92. The molecule has 318 valence electrons. The summed E-state index contributed by atoms with van der Waals surface area (Å²) in [7, 11) is 5.46. The topological polar surface area (TPSA) is 161 Å². The van der Waals surface area contributed by atoms with Crippen LogP contribution in [0.3, 0.4) is 0 Å². The summed E-state index contributed by atoms with van der Waals surface area (Å²) in [5.41, 5.74) is 3.44. The van der Waals surface area contributed by atoms with Gasteiger partial charge in [-0.1, -0.05) is 39.0 Å². The molecule has 1 aliphatic heterocycles. The number of methoxy groups -OCH3 is 1. The number of aliphatic hydroxyl groups is 2. The predicted molar refractivity (Wildman–Crippen MR) is 224 cm³/mol. The maximum Gasteiger partial charge on any atom is 0.251 e. The van der Waals surface area contributed by atoms with E-state index in [4.69, 9.17) is 9.57 Å². The average Bonchev–Trinajstić information content (AvgIpc) is 3.49. The van der Waals surface area contributed by atoms with E-state index in [0.717, 1.165) is 12.1 Å². The predicted octanol–water partition coefficient (Wildman–Crippen LogP) is 3.96. The zero-order valence-electron chi connectivity index (χ0n) is 36.0. The lowest BCUT2D eigenvalue weighted by Crippen LogP contribution is -2.62. The molecule has 9 atom stereocenters. The number of hydrogen-bond donors (Lipinski definition) is 4. The maximum absolute atomic E-state index is 14.3. The first kappa shape index (κ1) is 44.8. The number of carbonyl (C=O) groups is 2. The molecule has 2 amide bonds. The van der Waals surface area contributed by atoms with Crippen molar-refractivity contribution in [3.63, 3.8) is 0 Å². The number of likely N-dealkylation sites (N-methyl/N-ethyl adjacent to an activating group) is 1. The van der Waals surface area contributed by atoms with Gasteiger partial charge in [-0.05, 0) is 102 Å². The molecule has 0 spiro atoms. The summed E-state index contributed by atoms with van der Waals surface area (Å²) in [4.78, 5) is 38.3. The molecule has 2 aromatic carbocycles. The summed E-state index contributed by atoms with van der Waals surface area (Å²) in [5.74, 6) is 0.365. The molecule has 0 aromatic heterocycles. The molecule has 4 fully saturated rings. The van der Waals surface area contributed by atoms with Gasteiger partial charge in [0.05, 0.1) is 42.9 Å². The Morgan fingerprint density at radius 3 is 2.33 bits per heavy atom. The first-order chi connectivity index (χ1) is 26.5. The number of benzene rings is 2. The number of nitrogens with one attached hydrogen (secondary N) is 2. The average molecular weight is 814 g/mol. The molecule has 1 unspecified atom stereocenters. The van der Waals surface area contributed by atoms with Gasteiger partial charge >= 0.3 is 0 Å². The molecule has 4 N–H and O–H groups in total. The third-order valence-electron chi connectivity index (χ3n) is 13.0. The van der Waals surface area contributed by atoms with E-state index >= 15 is 0 Å². The monoisotopic (exact) mass is 813 g/mol. The highest BCUT2D eigenvalue weighted by Crippen LogP contribution is 2.61. The molecule has 13 nitrogen and oxygen atoms in total. The first-order valence-corrected chi connectivity index (χ1v) is 21.8. The second-order valence-electron chi connectivity index (χ2n) is 18.7. The summed E-state index contributed by atoms with van der Waals surface area (Å²) >= 11 is 0. The van der Waals surface area contributed by atoms with Gasteiger partial charge < -0.3 is 35.4 Å². The minimum Gasteiger partial charge on any atom is -0.496 e. The van der Waals surface area contributed by atoms with Gasteiger partial charge in [0.2, 0.25) is 5.91 Å². The van der Waals surface area contributed by atoms with E-state index in [1.165, 1.54) is 6.42 Å². The Hall–Kier alpha value is -3.27. The van der Waals surface area contributed by atoms with Crippen LogP contribution in [-0.4, -0.2) is 130 Å². The molecule has 3 aliphatic carbocycles. The largest absolute Gasteiger partial charge is 0.496 e. The first-order valence-electron chi connectivity index (χ1n) is 20.2. The van der Waals surface area contributed by atoms with Crippen LogP contribution in [0.15, 0.2) is 36.4 Å². The van der Waals surface area contributed by atoms with Crippen molar-refractivity contribution in [1.29, 1.82) is 0 Å². The Morgan fingerprint density at radius 1 is 1.11 bits per heavy atom. The fraction of sp³-hybridized carbons (Fsp3) is 0.674. The van der Waals surface area contributed by atoms with Crippen LogP contribution >= 0.6 is 0 Å². The number of amides is 2. The Balaban J connectivity index is 1.46. The summed E-state index contributed by atoms with van der Waals surface area (Å²) in [6.07, 6.45) is 0.358. The van der Waals surface area contributed by atoms with Crippen molar-refractivity contribution in [1.82, 2.24) is 20.6 Å². The fourth-order valence-corrected chi connectivity index (χ4v) is 10.6. The van der Waals surface area contributed by atoms with Crippen LogP contribution in [0, 0.1) is 29.1 Å². The molecule has 2 aromatic rings. The third-order valence-corrected chi connectivity index (χ3v) is 15.7. The molecule has 57 heavy (non-hydrogen) atoms. The second-order valence-corrected chi connectivity index (χ2v) is 21.5. The van der Waals surface area contributed by atoms with Gasteiger partial charge in [-0.25, -0.2) is 8.42 Å². The maximum atomic E-state index is 14.3. The number of nitrogens with zero attached hydrogens (tertiary/aromatic N) is 3. The third kappa shape index (κ3) is 9.31. The normalized spacial score (nSPS) is 27.0. The number of rotatable bonds is 15. The Kier molecular flexibility index (Phi) is 13.5. The number of hydrogen-bond acceptors (Lipinski definition) is 11. The van der Waals surface area contributed by atoms with Crippen LogP contribution in [0.5, 0.6) is 5.75 Å². The fourth-order valence-electron chi connectivity index (χ4n) is 9.35. The van der Waals surface area contributed by atoms with Crippen molar-refractivity contribution >= 4 is 27.3 Å². The smallest absolute Gasteiger partial charge is 0.251 e. The summed E-state index contributed by atoms with van der Waals surface area (Å²) in [6, 6.07) is 9.61. The molecule has 1 saturated heterocycles. The van der Waals surface area contributed by atoms with E-state index < -0.39 is 50.7 Å². The Morgan fingerprint density at radius 2 is 1.79 bits per heavy atom. The summed E-state index contributed by atoms with van der Waals surface area (Å²) in [5, 5.41) is 29.2. The Bertz CT molecular complexity index is 1880. The quantitative estimate of drug-likeness (QED) is 0.206. The van der Waals surface area contributed by atoms with Crippen molar-refractivity contribution < 1.29 is 37.8 Å². The summed E-state index contributed by atoms with van der Waals surface area (Å²) in [6.45, 7) is 13.5. The van der Waals surface area contributed by atoms with Gasteiger partial charge in [0, 0.05) is 55.0 Å². The zero-order valence-corrected chi connectivity index (χ0v) is 36.8. The standard InChI is InChI=1S/C43H67N5O8S/c1-25-34-19-30(43(34,6)7)20-35(25)45-41(52)38-37(26(2)50)36(23-49)56-48(38)21-27-14-13-15-33(39(27)55-12)28-16-29(18-32(17-28)47(10)11)40(51)44-31(22-46(8)9)24-57(53,54)42(3,4)5/h13-18,25-26,30-31,34-38,49-50H,19-24H2,1-12H3,(H,44,51)(H,45,52)/t25-,26-,30+,31-,34-,35?,36-,37+,38-/m0/s1. The highest BCUT2D eigenvalue weighted by atomic mass is 32.2. The van der Waals surface area contributed by atoms with Gasteiger partial charge in [0.25, 0.3) is 5.91 Å². The van der Waals surface area contributed by atoms with Gasteiger partial charge in [-0.15, -0.1) is 0 Å². The van der Waals surface area contributed by atoms with Crippen LogP contribution in [-0.2, 0) is 26.0 Å². The lowest BCUT2D eigenvalue weighted by molar-refractivity contribution is -0.183. The number of aliphatic hydroxyl groups excluding tert-OH is 2. The zero-order chi connectivity index (χ0) is 42.4. The minimum absolute atomic E-state index is 0.00763. The van der Waals surface area contributed by atoms with E-state index in [0.29, 0.717) is 52.3 Å². The number of carbonyl (C=O) groups excluding carboxylic acids is 2. The molecule has 6 rings (SSSR count). The lowest BCUT2D eigenvalue weighted by Gasteiger charge is -2.62. The molecule has 1 heterocycles. The minimum atomic E-state index is -3.54.